The summed E-state index contributed by atoms with van der Waals surface area (Å²) in [6.45, 7) is 0. The van der Waals surface area contributed by atoms with Crippen LogP contribution in [0.25, 0.3) is 32.0 Å². The van der Waals surface area contributed by atoms with E-state index >= 15 is 0 Å². The summed E-state index contributed by atoms with van der Waals surface area (Å²) < 4.78 is 13.2. The number of rotatable bonds is 3. The van der Waals surface area contributed by atoms with Gasteiger partial charge in [0.15, 0.2) is 0 Å². The van der Waals surface area contributed by atoms with Gasteiger partial charge in [0.25, 0.3) is 0 Å². The average Bonchev–Trinajstić information content (AvgIpc) is 3.29. The molecule has 23 heavy (non-hydrogen) atoms. The molecule has 0 N–H and O–H groups in total. The monoisotopic (exact) mass is 336 g/mol. The number of hydrogen-bond donors (Lipinski definition) is 0. The summed E-state index contributed by atoms with van der Waals surface area (Å²) in [5, 5.41) is 4.18. The third-order valence-corrected chi connectivity index (χ3v) is 5.56. The number of thiophene rings is 2. The zero-order chi connectivity index (χ0) is 15.6. The van der Waals surface area contributed by atoms with Gasteiger partial charge in [-0.15, -0.1) is 22.7 Å². The van der Waals surface area contributed by atoms with Crippen molar-refractivity contribution in [2.75, 3.05) is 0 Å². The van der Waals surface area contributed by atoms with Crippen molar-refractivity contribution in [2.24, 2.45) is 0 Å². The minimum absolute atomic E-state index is 0.207. The van der Waals surface area contributed by atoms with Gasteiger partial charge in [0.2, 0.25) is 0 Å². The fraction of sp³-hybridized carbons (Fsp3) is 0. The Labute approximate surface area is 142 Å². The molecule has 2 heterocycles. The van der Waals surface area contributed by atoms with Crippen molar-refractivity contribution in [1.82, 2.24) is 0 Å². The zero-order valence-corrected chi connectivity index (χ0v) is 13.8. The largest absolute Gasteiger partial charge is 0.207 e. The van der Waals surface area contributed by atoms with Gasteiger partial charge in [-0.3, -0.25) is 0 Å². The van der Waals surface area contributed by atoms with E-state index in [1.54, 1.807) is 22.7 Å². The van der Waals surface area contributed by atoms with E-state index in [-0.39, 0.29) is 5.82 Å². The van der Waals surface area contributed by atoms with Gasteiger partial charge in [0.1, 0.15) is 5.82 Å². The Balaban J connectivity index is 1.89. The van der Waals surface area contributed by atoms with Crippen LogP contribution in [0.3, 0.4) is 0 Å². The summed E-state index contributed by atoms with van der Waals surface area (Å²) in [4.78, 5) is 2.48. The highest BCUT2D eigenvalue weighted by Crippen LogP contribution is 2.35. The first kappa shape index (κ1) is 14.4. The molecule has 0 fully saturated rings. The quantitative estimate of drug-likeness (QED) is 0.380. The van der Waals surface area contributed by atoms with Crippen LogP contribution in [0, 0.1) is 5.82 Å². The van der Waals surface area contributed by atoms with Crippen LogP contribution in [0.4, 0.5) is 4.39 Å². The van der Waals surface area contributed by atoms with Crippen molar-refractivity contribution < 1.29 is 4.39 Å². The van der Waals surface area contributed by atoms with Gasteiger partial charge in [-0.1, -0.05) is 24.3 Å². The smallest absolute Gasteiger partial charge is 0.123 e. The fourth-order valence-electron chi connectivity index (χ4n) is 2.61. The lowest BCUT2D eigenvalue weighted by atomic mass is 9.98. The molecule has 0 unspecified atom stereocenters. The number of benzene rings is 2. The fourth-order valence-corrected chi connectivity index (χ4v) is 4.04. The van der Waals surface area contributed by atoms with Crippen molar-refractivity contribution >= 4 is 22.7 Å². The highest BCUT2D eigenvalue weighted by atomic mass is 32.1. The molecule has 4 rings (SSSR count). The van der Waals surface area contributed by atoms with Crippen LogP contribution in [0.15, 0.2) is 77.5 Å². The topological polar surface area (TPSA) is 0 Å². The van der Waals surface area contributed by atoms with Crippen LogP contribution in [-0.4, -0.2) is 0 Å². The predicted molar refractivity (Wildman–Crippen MR) is 98.5 cm³/mol. The van der Waals surface area contributed by atoms with E-state index < -0.39 is 0 Å². The van der Waals surface area contributed by atoms with Gasteiger partial charge in [0, 0.05) is 9.75 Å². The molecule has 2 aromatic carbocycles. The third-order valence-electron chi connectivity index (χ3n) is 3.72. The van der Waals surface area contributed by atoms with E-state index in [9.17, 15) is 4.39 Å². The minimum atomic E-state index is -0.207. The Hall–Kier alpha value is -2.23. The van der Waals surface area contributed by atoms with Crippen LogP contribution in [-0.2, 0) is 0 Å². The van der Waals surface area contributed by atoms with Crippen molar-refractivity contribution in [1.29, 1.82) is 0 Å². The maximum absolute atomic E-state index is 13.2. The molecule has 0 aliphatic heterocycles. The first-order valence-corrected chi connectivity index (χ1v) is 9.04. The molecular weight excluding hydrogens is 323 g/mol. The Morgan fingerprint density at radius 3 is 1.57 bits per heavy atom. The van der Waals surface area contributed by atoms with Gasteiger partial charge in [0.05, 0.1) is 0 Å². The standard InChI is InChI=1S/C20H13FS2/c21-18-7-5-14(6-8-18)15-11-16(19-3-1-9-22-19)13-17(12-15)20-4-2-10-23-20/h1-13H. The highest BCUT2D eigenvalue weighted by molar-refractivity contribution is 7.14. The Kier molecular flexibility index (Phi) is 3.82. The highest BCUT2D eigenvalue weighted by Gasteiger charge is 2.08. The van der Waals surface area contributed by atoms with Crippen LogP contribution in [0.2, 0.25) is 0 Å². The molecule has 2 aromatic heterocycles. The Bertz CT molecular complexity index is 852. The van der Waals surface area contributed by atoms with Crippen LogP contribution in [0.1, 0.15) is 0 Å². The van der Waals surface area contributed by atoms with Gasteiger partial charge in [-0.25, -0.2) is 4.39 Å². The SMILES string of the molecule is Fc1ccc(-c2cc(-c3cccs3)cc(-c3cccs3)c2)cc1. The summed E-state index contributed by atoms with van der Waals surface area (Å²) in [6, 6.07) is 21.7. The first-order chi connectivity index (χ1) is 11.3. The average molecular weight is 336 g/mol. The van der Waals surface area contributed by atoms with Crippen molar-refractivity contribution in [3.63, 3.8) is 0 Å². The van der Waals surface area contributed by atoms with E-state index in [0.29, 0.717) is 0 Å². The lowest BCUT2D eigenvalue weighted by molar-refractivity contribution is 0.628. The molecule has 0 aliphatic rings. The molecule has 4 aromatic rings. The van der Waals surface area contributed by atoms with E-state index in [2.05, 4.69) is 53.2 Å². The molecule has 0 aliphatic carbocycles. The number of hydrogen-bond acceptors (Lipinski definition) is 2. The first-order valence-electron chi connectivity index (χ1n) is 7.28. The van der Waals surface area contributed by atoms with Gasteiger partial charge in [-0.2, -0.15) is 0 Å². The predicted octanol–water partition coefficient (Wildman–Crippen LogP) is 6.95. The second-order valence-corrected chi connectivity index (χ2v) is 7.16. The summed E-state index contributed by atoms with van der Waals surface area (Å²) in [5.74, 6) is -0.207. The second-order valence-electron chi connectivity index (χ2n) is 5.26. The Morgan fingerprint density at radius 2 is 1.09 bits per heavy atom. The third kappa shape index (κ3) is 2.98. The normalized spacial score (nSPS) is 10.8. The van der Waals surface area contributed by atoms with Crippen molar-refractivity contribution in [3.8, 4) is 32.0 Å². The van der Waals surface area contributed by atoms with Crippen LogP contribution >= 0.6 is 22.7 Å². The molecule has 0 amide bonds. The Morgan fingerprint density at radius 1 is 0.565 bits per heavy atom. The molecule has 0 bridgehead atoms. The van der Waals surface area contributed by atoms with E-state index in [0.717, 1.165) is 11.1 Å². The van der Waals surface area contributed by atoms with E-state index in [1.165, 1.54) is 33.0 Å². The summed E-state index contributed by atoms with van der Waals surface area (Å²) >= 11 is 3.46. The maximum atomic E-state index is 13.2. The van der Waals surface area contributed by atoms with Crippen LogP contribution in [0.5, 0.6) is 0 Å². The molecule has 0 spiro atoms. The molecule has 112 valence electrons. The molecular formula is C20H13FS2. The molecule has 0 nitrogen and oxygen atoms in total. The summed E-state index contributed by atoms with van der Waals surface area (Å²) in [5.41, 5.74) is 4.54. The zero-order valence-electron chi connectivity index (χ0n) is 12.2. The minimum Gasteiger partial charge on any atom is -0.207 e. The molecule has 3 heteroatoms. The molecule has 0 saturated carbocycles. The van der Waals surface area contributed by atoms with Gasteiger partial charge in [-0.05, 0) is 75.5 Å². The summed E-state index contributed by atoms with van der Waals surface area (Å²) in [7, 11) is 0. The molecule has 0 atom stereocenters. The second kappa shape index (κ2) is 6.11. The number of halogens is 1. The van der Waals surface area contributed by atoms with Gasteiger partial charge >= 0.3 is 0 Å². The van der Waals surface area contributed by atoms with Gasteiger partial charge < -0.3 is 0 Å². The summed E-state index contributed by atoms with van der Waals surface area (Å²) in [6.07, 6.45) is 0. The van der Waals surface area contributed by atoms with Crippen molar-refractivity contribution in [2.45, 2.75) is 0 Å². The van der Waals surface area contributed by atoms with E-state index in [4.69, 9.17) is 0 Å². The maximum Gasteiger partial charge on any atom is 0.123 e. The molecule has 0 saturated heterocycles. The van der Waals surface area contributed by atoms with Crippen molar-refractivity contribution in [3.05, 3.63) is 83.3 Å². The lowest BCUT2D eigenvalue weighted by Crippen LogP contribution is -1.84. The van der Waals surface area contributed by atoms with Crippen LogP contribution < -0.4 is 0 Å². The lowest BCUT2D eigenvalue weighted by Gasteiger charge is -2.09. The van der Waals surface area contributed by atoms with E-state index in [1.807, 2.05) is 12.1 Å². The molecule has 0 radical (unpaired) electrons.